The van der Waals surface area contributed by atoms with E-state index in [1.807, 2.05) is 80.6 Å². The minimum atomic E-state index is -0.840. The van der Waals surface area contributed by atoms with Crippen molar-refractivity contribution in [3.8, 4) is 5.75 Å². The Morgan fingerprint density at radius 2 is 1.61 bits per heavy atom. The molecule has 8 nitrogen and oxygen atoms in total. The Morgan fingerprint density at radius 3 is 2.39 bits per heavy atom. The summed E-state index contributed by atoms with van der Waals surface area (Å²) in [5.41, 5.74) is 4.42. The summed E-state index contributed by atoms with van der Waals surface area (Å²) < 4.78 is 6.02. The zero-order chi connectivity index (χ0) is 26.5. The summed E-state index contributed by atoms with van der Waals surface area (Å²) in [7, 11) is 0. The third kappa shape index (κ3) is 5.64. The van der Waals surface area contributed by atoms with Gasteiger partial charge in [-0.05, 0) is 56.2 Å². The van der Waals surface area contributed by atoms with Crippen LogP contribution in [0, 0.1) is 13.8 Å². The molecule has 1 unspecified atom stereocenters. The largest absolute Gasteiger partial charge is 0.477 e. The summed E-state index contributed by atoms with van der Waals surface area (Å²) in [6, 6.07) is 26.3. The highest BCUT2D eigenvalue weighted by molar-refractivity contribution is 6.11. The van der Waals surface area contributed by atoms with Gasteiger partial charge in [-0.15, -0.1) is 0 Å². The number of fused-ring (bicyclic) bond motifs is 1. The second-order valence-electron chi connectivity index (χ2n) is 9.16. The molecule has 192 valence electrons. The van der Waals surface area contributed by atoms with Gasteiger partial charge in [0.05, 0.1) is 23.5 Å². The monoisotopic (exact) mass is 507 g/mol. The molecular formula is C30H29N5O3. The van der Waals surface area contributed by atoms with Crippen LogP contribution in [0.15, 0.2) is 84.9 Å². The van der Waals surface area contributed by atoms with E-state index in [9.17, 15) is 9.59 Å². The quantitative estimate of drug-likeness (QED) is 0.379. The molecule has 5 rings (SSSR count). The highest BCUT2D eigenvalue weighted by Crippen LogP contribution is 2.35. The van der Waals surface area contributed by atoms with Gasteiger partial charge in [-0.3, -0.25) is 9.59 Å². The number of aromatic nitrogens is 2. The van der Waals surface area contributed by atoms with Crippen molar-refractivity contribution < 1.29 is 14.3 Å². The average Bonchev–Trinajstić information content (AvgIpc) is 2.92. The normalized spacial score (nSPS) is 14.3. The fourth-order valence-corrected chi connectivity index (χ4v) is 4.48. The Hall–Kier alpha value is -4.72. The topological polar surface area (TPSA) is 96.5 Å². The lowest BCUT2D eigenvalue weighted by atomic mass is 10.1. The van der Waals surface area contributed by atoms with Crippen LogP contribution in [0.4, 0.5) is 17.3 Å². The van der Waals surface area contributed by atoms with Gasteiger partial charge >= 0.3 is 0 Å². The first-order valence-corrected chi connectivity index (χ1v) is 12.6. The summed E-state index contributed by atoms with van der Waals surface area (Å²) in [5, 5.41) is 6.15. The summed E-state index contributed by atoms with van der Waals surface area (Å²) >= 11 is 0. The second kappa shape index (κ2) is 11.1. The molecule has 0 saturated heterocycles. The molecule has 2 heterocycles. The van der Waals surface area contributed by atoms with Gasteiger partial charge < -0.3 is 20.3 Å². The highest BCUT2D eigenvalue weighted by atomic mass is 16.5. The van der Waals surface area contributed by atoms with Crippen molar-refractivity contribution in [2.45, 2.75) is 26.4 Å². The molecule has 2 amide bonds. The molecular weight excluding hydrogens is 478 g/mol. The number of nitrogens with zero attached hydrogens (tertiary/aromatic N) is 3. The third-order valence-corrected chi connectivity index (χ3v) is 6.25. The predicted molar refractivity (Wildman–Crippen MR) is 147 cm³/mol. The number of aryl methyl sites for hydroxylation is 2. The highest BCUT2D eigenvalue weighted by Gasteiger charge is 2.34. The Morgan fingerprint density at radius 1 is 0.921 bits per heavy atom. The van der Waals surface area contributed by atoms with Gasteiger partial charge in [0, 0.05) is 17.9 Å². The Labute approximate surface area is 221 Å². The van der Waals surface area contributed by atoms with Crippen LogP contribution in [0.2, 0.25) is 0 Å². The summed E-state index contributed by atoms with van der Waals surface area (Å²) in [4.78, 5) is 37.5. The summed E-state index contributed by atoms with van der Waals surface area (Å²) in [5.74, 6) is 0.387. The maximum Gasteiger partial charge on any atom is 0.262 e. The minimum Gasteiger partial charge on any atom is -0.477 e. The second-order valence-corrected chi connectivity index (χ2v) is 9.16. The van der Waals surface area contributed by atoms with Crippen molar-refractivity contribution in [3.05, 3.63) is 107 Å². The number of benzene rings is 3. The number of nitrogens with one attached hydrogen (secondary N) is 2. The van der Waals surface area contributed by atoms with Crippen LogP contribution in [-0.2, 0) is 11.2 Å². The van der Waals surface area contributed by atoms with Gasteiger partial charge in [0.1, 0.15) is 5.75 Å². The molecule has 1 aliphatic rings. The molecule has 1 atom stereocenters. The zero-order valence-corrected chi connectivity index (χ0v) is 21.3. The van der Waals surface area contributed by atoms with Gasteiger partial charge in [0.25, 0.3) is 11.8 Å². The van der Waals surface area contributed by atoms with Gasteiger partial charge in [-0.1, -0.05) is 54.6 Å². The average molecular weight is 508 g/mol. The molecule has 0 radical (unpaired) electrons. The summed E-state index contributed by atoms with van der Waals surface area (Å²) in [6.07, 6.45) is -0.134. The maximum absolute atomic E-state index is 13.9. The number of amides is 2. The molecule has 0 aliphatic carbocycles. The lowest BCUT2D eigenvalue weighted by Crippen LogP contribution is -2.51. The molecule has 38 heavy (non-hydrogen) atoms. The van der Waals surface area contributed by atoms with Crippen LogP contribution < -0.4 is 20.3 Å². The fraction of sp³-hybridized carbons (Fsp3) is 0.200. The molecule has 0 saturated carbocycles. The SMILES string of the molecule is Cc1cc(C)nc(Nc2ccccc2C(=O)N2CC(C(=O)NCCc3ccccc3)Oc3ccccc32)n1. The van der Waals surface area contributed by atoms with Crippen molar-refractivity contribution in [1.82, 2.24) is 15.3 Å². The number of para-hydroxylation sites is 3. The fourth-order valence-electron chi connectivity index (χ4n) is 4.48. The number of carbonyl (C=O) groups excluding carboxylic acids is 2. The van der Waals surface area contributed by atoms with Crippen LogP contribution in [0.3, 0.4) is 0 Å². The predicted octanol–water partition coefficient (Wildman–Crippen LogP) is 4.60. The van der Waals surface area contributed by atoms with Gasteiger partial charge in [-0.2, -0.15) is 0 Å². The Kier molecular flexibility index (Phi) is 7.31. The lowest BCUT2D eigenvalue weighted by molar-refractivity contribution is -0.127. The van der Waals surface area contributed by atoms with Gasteiger partial charge in [0.15, 0.2) is 6.10 Å². The molecule has 1 aliphatic heterocycles. The van der Waals surface area contributed by atoms with Crippen LogP contribution in [0.1, 0.15) is 27.3 Å². The Balaban J connectivity index is 1.36. The smallest absolute Gasteiger partial charge is 0.262 e. The van der Waals surface area contributed by atoms with Crippen molar-refractivity contribution >= 4 is 29.1 Å². The molecule has 3 aromatic carbocycles. The van der Waals surface area contributed by atoms with E-state index in [1.54, 1.807) is 23.1 Å². The van der Waals surface area contributed by atoms with E-state index in [-0.39, 0.29) is 18.4 Å². The standard InChI is InChI=1S/C30H29N5O3/c1-20-18-21(2)33-30(32-20)34-24-13-7-6-12-23(24)29(37)35-19-27(38-26-15-9-8-14-25(26)35)28(36)31-17-16-22-10-4-3-5-11-22/h3-15,18,27H,16-17,19H2,1-2H3,(H,31,36)(H,32,33,34). The van der Waals surface area contributed by atoms with E-state index < -0.39 is 6.10 Å². The number of carbonyl (C=O) groups is 2. The zero-order valence-electron chi connectivity index (χ0n) is 21.3. The van der Waals surface area contributed by atoms with Crippen LogP contribution in [0.25, 0.3) is 0 Å². The maximum atomic E-state index is 13.9. The first-order chi connectivity index (χ1) is 18.5. The van der Waals surface area contributed by atoms with E-state index >= 15 is 0 Å². The first kappa shape index (κ1) is 25.0. The molecule has 8 heteroatoms. The van der Waals surface area contributed by atoms with Crippen LogP contribution >= 0.6 is 0 Å². The van der Waals surface area contributed by atoms with Crippen LogP contribution in [0.5, 0.6) is 5.75 Å². The van der Waals surface area contributed by atoms with Crippen molar-refractivity contribution in [1.29, 1.82) is 0 Å². The number of rotatable bonds is 7. The minimum absolute atomic E-state index is 0.0847. The van der Waals surface area contributed by atoms with Crippen molar-refractivity contribution in [2.75, 3.05) is 23.3 Å². The van der Waals surface area contributed by atoms with E-state index in [0.717, 1.165) is 17.0 Å². The number of hydrogen-bond acceptors (Lipinski definition) is 6. The van der Waals surface area contributed by atoms with E-state index in [2.05, 4.69) is 20.6 Å². The van der Waals surface area contributed by atoms with Crippen LogP contribution in [-0.4, -0.2) is 41.0 Å². The molecule has 2 N–H and O–H groups in total. The molecule has 0 bridgehead atoms. The van der Waals surface area contributed by atoms with Gasteiger partial charge in [-0.25, -0.2) is 9.97 Å². The lowest BCUT2D eigenvalue weighted by Gasteiger charge is -2.34. The van der Waals surface area contributed by atoms with E-state index in [1.165, 1.54) is 0 Å². The third-order valence-electron chi connectivity index (χ3n) is 6.25. The number of hydrogen-bond donors (Lipinski definition) is 2. The first-order valence-electron chi connectivity index (χ1n) is 12.6. The summed E-state index contributed by atoms with van der Waals surface area (Å²) in [6.45, 7) is 4.35. The molecule has 1 aromatic heterocycles. The molecule has 0 spiro atoms. The number of ether oxygens (including phenoxy) is 1. The molecule has 0 fully saturated rings. The van der Waals surface area contributed by atoms with E-state index in [0.29, 0.717) is 41.6 Å². The van der Waals surface area contributed by atoms with E-state index in [4.69, 9.17) is 4.74 Å². The van der Waals surface area contributed by atoms with Gasteiger partial charge in [0.2, 0.25) is 5.95 Å². The van der Waals surface area contributed by atoms with Crippen molar-refractivity contribution in [3.63, 3.8) is 0 Å². The molecule has 4 aromatic rings. The Bertz CT molecular complexity index is 1440. The number of anilines is 3. The van der Waals surface area contributed by atoms with Crippen molar-refractivity contribution in [2.24, 2.45) is 0 Å².